The van der Waals surface area contributed by atoms with Crippen molar-refractivity contribution in [2.24, 2.45) is 0 Å². The Hall–Kier alpha value is -0.940. The van der Waals surface area contributed by atoms with Crippen LogP contribution in [0.5, 0.6) is 0 Å². The zero-order chi connectivity index (χ0) is 9.90. The van der Waals surface area contributed by atoms with E-state index < -0.39 is 16.8 Å². The maximum atomic E-state index is 10.8. The molecule has 0 aromatic rings. The van der Waals surface area contributed by atoms with Gasteiger partial charge in [-0.25, -0.2) is 0 Å². The summed E-state index contributed by atoms with van der Waals surface area (Å²) in [5, 5.41) is 10.8. The third kappa shape index (κ3) is 1.57. The molecule has 0 amide bonds. The monoisotopic (exact) mass is 187 g/mol. The van der Waals surface area contributed by atoms with Crippen LogP contribution < -0.4 is 0 Å². The van der Waals surface area contributed by atoms with Crippen LogP contribution in [0.4, 0.5) is 0 Å². The Morgan fingerprint density at radius 3 is 2.62 bits per heavy atom. The summed E-state index contributed by atoms with van der Waals surface area (Å²) in [5.74, 6) is 0. The fourth-order valence-corrected chi connectivity index (χ4v) is 1.55. The second-order valence-electron chi connectivity index (χ2n) is 2.94. The number of rotatable bonds is 3. The van der Waals surface area contributed by atoms with Gasteiger partial charge in [0, 0.05) is 20.6 Å². The first kappa shape index (κ1) is 10.1. The molecule has 0 aliphatic heterocycles. The number of ether oxygens (including phenoxy) is 2. The Labute approximate surface area is 76.5 Å². The summed E-state index contributed by atoms with van der Waals surface area (Å²) < 4.78 is 10.0. The molecule has 0 saturated heterocycles. The van der Waals surface area contributed by atoms with E-state index in [2.05, 4.69) is 0 Å². The predicted octanol–water partition coefficient (Wildman–Crippen LogP) is 0.971. The molecular formula is C8H13NO4. The first-order chi connectivity index (χ1) is 6.17. The van der Waals surface area contributed by atoms with Gasteiger partial charge in [-0.15, -0.1) is 0 Å². The lowest BCUT2D eigenvalue weighted by atomic mass is 9.94. The largest absolute Gasteiger partial charge is 0.371 e. The summed E-state index contributed by atoms with van der Waals surface area (Å²) in [6.07, 6.45) is 3.90. The van der Waals surface area contributed by atoms with Crippen LogP contribution >= 0.6 is 0 Å². The van der Waals surface area contributed by atoms with E-state index in [1.165, 1.54) is 14.2 Å². The number of nitrogens with zero attached hydrogens (tertiary/aromatic N) is 1. The average molecular weight is 187 g/mol. The van der Waals surface area contributed by atoms with Gasteiger partial charge < -0.3 is 9.47 Å². The van der Waals surface area contributed by atoms with Crippen LogP contribution in [0, 0.1) is 10.1 Å². The maximum Gasteiger partial charge on any atom is 0.354 e. The summed E-state index contributed by atoms with van der Waals surface area (Å²) in [7, 11) is 2.80. The highest BCUT2D eigenvalue weighted by atomic mass is 16.7. The van der Waals surface area contributed by atoms with E-state index in [9.17, 15) is 10.1 Å². The SMILES string of the molecule is COC1CC=CC[C@]1(OC)[N+](=O)[O-]. The Morgan fingerprint density at radius 2 is 2.23 bits per heavy atom. The Kier molecular flexibility index (Phi) is 3.00. The molecule has 0 N–H and O–H groups in total. The van der Waals surface area contributed by atoms with E-state index in [0.717, 1.165) is 0 Å². The van der Waals surface area contributed by atoms with Crippen LogP contribution in [0.1, 0.15) is 12.8 Å². The number of nitro groups is 1. The van der Waals surface area contributed by atoms with Gasteiger partial charge in [-0.1, -0.05) is 12.2 Å². The van der Waals surface area contributed by atoms with Crippen molar-refractivity contribution in [1.29, 1.82) is 0 Å². The van der Waals surface area contributed by atoms with Crippen molar-refractivity contribution in [1.82, 2.24) is 0 Å². The van der Waals surface area contributed by atoms with E-state index >= 15 is 0 Å². The van der Waals surface area contributed by atoms with Crippen LogP contribution in [0.15, 0.2) is 12.2 Å². The van der Waals surface area contributed by atoms with Crippen molar-refractivity contribution >= 4 is 0 Å². The molecule has 0 fully saturated rings. The van der Waals surface area contributed by atoms with E-state index in [4.69, 9.17) is 9.47 Å². The van der Waals surface area contributed by atoms with Crippen LogP contribution in [-0.2, 0) is 9.47 Å². The third-order valence-electron chi connectivity index (χ3n) is 2.38. The molecule has 2 atom stereocenters. The molecule has 5 nitrogen and oxygen atoms in total. The smallest absolute Gasteiger partial charge is 0.354 e. The number of hydrogen-bond acceptors (Lipinski definition) is 4. The van der Waals surface area contributed by atoms with Gasteiger partial charge in [-0.3, -0.25) is 10.1 Å². The number of methoxy groups -OCH3 is 2. The van der Waals surface area contributed by atoms with Gasteiger partial charge in [0.05, 0.1) is 11.3 Å². The molecule has 0 spiro atoms. The van der Waals surface area contributed by atoms with Gasteiger partial charge in [0.2, 0.25) is 0 Å². The zero-order valence-electron chi connectivity index (χ0n) is 7.73. The van der Waals surface area contributed by atoms with E-state index in [1.807, 2.05) is 6.08 Å². The Morgan fingerprint density at radius 1 is 1.54 bits per heavy atom. The van der Waals surface area contributed by atoms with Gasteiger partial charge in [0.25, 0.3) is 0 Å². The molecule has 13 heavy (non-hydrogen) atoms. The van der Waals surface area contributed by atoms with Crippen molar-refractivity contribution in [2.75, 3.05) is 14.2 Å². The zero-order valence-corrected chi connectivity index (χ0v) is 7.73. The summed E-state index contributed by atoms with van der Waals surface area (Å²) in [5.41, 5.74) is -1.40. The van der Waals surface area contributed by atoms with Gasteiger partial charge in [-0.2, -0.15) is 0 Å². The lowest BCUT2D eigenvalue weighted by Crippen LogP contribution is -2.52. The quantitative estimate of drug-likeness (QED) is 0.286. The fraction of sp³-hybridized carbons (Fsp3) is 0.750. The van der Waals surface area contributed by atoms with Crippen molar-refractivity contribution in [3.63, 3.8) is 0 Å². The second-order valence-corrected chi connectivity index (χ2v) is 2.94. The lowest BCUT2D eigenvalue weighted by molar-refractivity contribution is -0.641. The molecule has 0 aromatic carbocycles. The molecular weight excluding hydrogens is 174 g/mol. The lowest BCUT2D eigenvalue weighted by Gasteiger charge is -2.31. The second kappa shape index (κ2) is 3.85. The van der Waals surface area contributed by atoms with E-state index in [-0.39, 0.29) is 6.42 Å². The minimum atomic E-state index is -1.40. The molecule has 5 heteroatoms. The highest BCUT2D eigenvalue weighted by molar-refractivity contribution is 5.00. The van der Waals surface area contributed by atoms with Crippen LogP contribution in [-0.4, -0.2) is 31.0 Å². The van der Waals surface area contributed by atoms with Gasteiger partial charge >= 0.3 is 5.72 Å². The standard InChI is InChI=1S/C8H13NO4/c1-12-7-5-3-4-6-8(7,13-2)9(10)11/h3-4,7H,5-6H2,1-2H3/t7?,8-/m1/s1. The maximum absolute atomic E-state index is 10.8. The summed E-state index contributed by atoms with van der Waals surface area (Å²) >= 11 is 0. The molecule has 1 aliphatic rings. The fourth-order valence-electron chi connectivity index (χ4n) is 1.55. The first-order valence-electron chi connectivity index (χ1n) is 4.05. The topological polar surface area (TPSA) is 61.6 Å². The molecule has 0 saturated carbocycles. The van der Waals surface area contributed by atoms with Crippen molar-refractivity contribution in [3.8, 4) is 0 Å². The van der Waals surface area contributed by atoms with Crippen LogP contribution in [0.25, 0.3) is 0 Å². The normalized spacial score (nSPS) is 33.2. The average Bonchev–Trinajstić information content (AvgIpc) is 2.17. The van der Waals surface area contributed by atoms with Crippen molar-refractivity contribution in [2.45, 2.75) is 24.7 Å². The van der Waals surface area contributed by atoms with Crippen molar-refractivity contribution in [3.05, 3.63) is 22.3 Å². The third-order valence-corrected chi connectivity index (χ3v) is 2.38. The van der Waals surface area contributed by atoms with Crippen LogP contribution in [0.3, 0.4) is 0 Å². The van der Waals surface area contributed by atoms with Gasteiger partial charge in [-0.05, 0) is 0 Å². The first-order valence-corrected chi connectivity index (χ1v) is 4.05. The molecule has 1 unspecified atom stereocenters. The van der Waals surface area contributed by atoms with Crippen molar-refractivity contribution < 1.29 is 14.4 Å². The van der Waals surface area contributed by atoms with Crippen LogP contribution in [0.2, 0.25) is 0 Å². The van der Waals surface area contributed by atoms with E-state index in [1.54, 1.807) is 6.08 Å². The molecule has 0 radical (unpaired) electrons. The van der Waals surface area contributed by atoms with Gasteiger partial charge in [0.1, 0.15) is 0 Å². The van der Waals surface area contributed by atoms with Gasteiger partial charge in [0.15, 0.2) is 6.10 Å². The minimum absolute atomic E-state index is 0.259. The minimum Gasteiger partial charge on any atom is -0.371 e. The molecule has 1 rings (SSSR count). The molecule has 0 heterocycles. The summed E-state index contributed by atoms with van der Waals surface area (Å²) in [4.78, 5) is 10.4. The predicted molar refractivity (Wildman–Crippen MR) is 45.9 cm³/mol. The highest BCUT2D eigenvalue weighted by Gasteiger charge is 2.51. The molecule has 0 bridgehead atoms. The summed E-state index contributed by atoms with van der Waals surface area (Å²) in [6.45, 7) is 0. The molecule has 0 aromatic heterocycles. The molecule has 1 aliphatic carbocycles. The Bertz CT molecular complexity index is 228. The summed E-state index contributed by atoms with van der Waals surface area (Å²) in [6, 6.07) is 0. The number of hydrogen-bond donors (Lipinski definition) is 0. The highest BCUT2D eigenvalue weighted by Crippen LogP contribution is 2.29. The van der Waals surface area contributed by atoms with E-state index in [0.29, 0.717) is 6.42 Å². The Balaban J connectivity index is 2.93. The molecule has 74 valence electrons.